The van der Waals surface area contributed by atoms with Gasteiger partial charge in [-0.15, -0.1) is 0 Å². The van der Waals surface area contributed by atoms with E-state index in [0.717, 1.165) is 10.6 Å². The lowest BCUT2D eigenvalue weighted by Crippen LogP contribution is -2.59. The van der Waals surface area contributed by atoms with Gasteiger partial charge in [-0.1, -0.05) is 84.4 Å². The molecule has 3 aliphatic heterocycles. The zero-order valence-electron chi connectivity index (χ0n) is 17.1. The number of fused-ring (bicyclic) bond motifs is 3. The molecule has 3 aromatic carbocycles. The second kappa shape index (κ2) is 8.75. The lowest BCUT2D eigenvalue weighted by atomic mass is 9.71. The Morgan fingerprint density at radius 1 is 0.800 bits per heavy atom. The molecule has 3 heterocycles. The maximum atomic E-state index is 6.06. The molecule has 0 N–H and O–H groups in total. The Hall–Kier alpha value is -2.42. The van der Waals surface area contributed by atoms with E-state index in [-0.39, 0.29) is 0 Å². The Kier molecular flexibility index (Phi) is 5.70. The first-order chi connectivity index (χ1) is 14.8. The molecule has 0 amide bonds. The van der Waals surface area contributed by atoms with Gasteiger partial charge in [-0.2, -0.15) is 0 Å². The molecule has 0 spiro atoms. The van der Waals surface area contributed by atoms with Crippen LogP contribution >= 0.6 is 11.6 Å². The summed E-state index contributed by atoms with van der Waals surface area (Å²) in [4.78, 5) is 7.90. The van der Waals surface area contributed by atoms with Gasteiger partial charge in [-0.05, 0) is 60.7 Å². The first kappa shape index (κ1) is 19.5. The molecule has 2 nitrogen and oxygen atoms in total. The van der Waals surface area contributed by atoms with E-state index in [1.807, 2.05) is 24.3 Å². The molecule has 0 radical (unpaired) electrons. The van der Waals surface area contributed by atoms with E-state index in [2.05, 4.69) is 71.8 Å². The number of aliphatic imine (C=N–C) groups is 1. The third-order valence-electron chi connectivity index (χ3n) is 6.75. The maximum Gasteiger partial charge on any atom is 0.0693 e. The van der Waals surface area contributed by atoms with Crippen LogP contribution in [0.3, 0.4) is 0 Å². The number of hydrogen-bond donors (Lipinski definition) is 0. The summed E-state index contributed by atoms with van der Waals surface area (Å²) in [6, 6.07) is 30.6. The van der Waals surface area contributed by atoms with Crippen LogP contribution in [0.25, 0.3) is 0 Å². The van der Waals surface area contributed by atoms with E-state index < -0.39 is 0 Å². The second-order valence-corrected chi connectivity index (χ2v) is 8.92. The summed E-state index contributed by atoms with van der Waals surface area (Å²) in [6.07, 6.45) is 4.55. The van der Waals surface area contributed by atoms with Crippen LogP contribution < -0.4 is 0 Å². The van der Waals surface area contributed by atoms with E-state index in [0.29, 0.717) is 23.9 Å². The molecule has 0 saturated carbocycles. The first-order valence-electron chi connectivity index (χ1n) is 10.9. The van der Waals surface area contributed by atoms with Gasteiger partial charge in [0.25, 0.3) is 0 Å². The van der Waals surface area contributed by atoms with E-state index >= 15 is 0 Å². The smallest absolute Gasteiger partial charge is 0.0693 e. The average Bonchev–Trinajstić information content (AvgIpc) is 2.82. The molecule has 0 aromatic heterocycles. The zero-order chi connectivity index (χ0) is 20.3. The van der Waals surface area contributed by atoms with E-state index in [1.165, 1.54) is 37.1 Å². The maximum absolute atomic E-state index is 6.06. The fraction of sp³-hybridized carbons (Fsp3) is 0.296. The van der Waals surface area contributed by atoms with Crippen molar-refractivity contribution < 1.29 is 0 Å². The van der Waals surface area contributed by atoms with Crippen LogP contribution in [0.5, 0.6) is 0 Å². The summed E-state index contributed by atoms with van der Waals surface area (Å²) in [6.45, 7) is 2.36. The van der Waals surface area contributed by atoms with Crippen LogP contribution in [-0.2, 0) is 0 Å². The van der Waals surface area contributed by atoms with Crippen LogP contribution in [-0.4, -0.2) is 36.3 Å². The molecule has 2 atom stereocenters. The van der Waals surface area contributed by atoms with Crippen molar-refractivity contribution in [3.05, 3.63) is 107 Å². The van der Waals surface area contributed by atoms with Crippen LogP contribution in [0.2, 0.25) is 5.02 Å². The van der Waals surface area contributed by atoms with Crippen molar-refractivity contribution in [3.8, 4) is 0 Å². The predicted octanol–water partition coefficient (Wildman–Crippen LogP) is 6.05. The SMILES string of the molecule is Clc1ccc(C=NC2C3CCN(CC3)C2C(c2ccccc2)c2ccccc2)cc1. The van der Waals surface area contributed by atoms with Gasteiger partial charge in [0.15, 0.2) is 0 Å². The Balaban J connectivity index is 1.54. The lowest BCUT2D eigenvalue weighted by molar-refractivity contribution is 0.0215. The summed E-state index contributed by atoms with van der Waals surface area (Å²) < 4.78 is 0. The Labute approximate surface area is 184 Å². The number of benzene rings is 3. The minimum atomic E-state index is 0.300. The number of nitrogens with zero attached hydrogens (tertiary/aromatic N) is 2. The van der Waals surface area contributed by atoms with Gasteiger partial charge in [0.2, 0.25) is 0 Å². The topological polar surface area (TPSA) is 15.6 Å². The van der Waals surface area contributed by atoms with Crippen LogP contribution in [0.1, 0.15) is 35.4 Å². The predicted molar refractivity (Wildman–Crippen MR) is 126 cm³/mol. The standard InChI is InChI=1S/C27H27ClN2/c28-24-13-11-20(12-14-24)19-29-26-23-15-17-30(18-16-23)27(26)25(21-7-3-1-4-8-21)22-9-5-2-6-10-22/h1-14,19,23,25-27H,15-18H2. The van der Waals surface area contributed by atoms with Crippen molar-refractivity contribution in [2.24, 2.45) is 10.9 Å². The minimum absolute atomic E-state index is 0.300. The van der Waals surface area contributed by atoms with Crippen LogP contribution in [0.4, 0.5) is 0 Å². The van der Waals surface area contributed by atoms with Crippen LogP contribution in [0, 0.1) is 5.92 Å². The molecular weight excluding hydrogens is 388 g/mol. The van der Waals surface area contributed by atoms with Gasteiger partial charge in [-0.25, -0.2) is 0 Å². The van der Waals surface area contributed by atoms with Gasteiger partial charge in [0.05, 0.1) is 6.04 Å². The molecule has 2 unspecified atom stereocenters. The van der Waals surface area contributed by atoms with E-state index in [9.17, 15) is 0 Å². The highest BCUT2D eigenvalue weighted by Crippen LogP contribution is 2.43. The first-order valence-corrected chi connectivity index (χ1v) is 11.3. The molecule has 3 aromatic rings. The molecule has 0 aliphatic carbocycles. The molecule has 2 bridgehead atoms. The highest BCUT2D eigenvalue weighted by molar-refractivity contribution is 6.30. The Morgan fingerprint density at radius 3 is 1.93 bits per heavy atom. The Bertz CT molecular complexity index is 937. The highest BCUT2D eigenvalue weighted by atomic mass is 35.5. The van der Waals surface area contributed by atoms with Crippen LogP contribution in [0.15, 0.2) is 89.9 Å². The molecule has 6 rings (SSSR count). The fourth-order valence-corrected chi connectivity index (χ4v) is 5.43. The number of halogens is 1. The molecule has 30 heavy (non-hydrogen) atoms. The largest absolute Gasteiger partial charge is 0.297 e. The number of rotatable bonds is 5. The van der Waals surface area contributed by atoms with Gasteiger partial charge in [0.1, 0.15) is 0 Å². The summed E-state index contributed by atoms with van der Waals surface area (Å²) in [5.41, 5.74) is 3.88. The van der Waals surface area contributed by atoms with Crippen molar-refractivity contribution in [2.45, 2.75) is 30.8 Å². The van der Waals surface area contributed by atoms with Crippen molar-refractivity contribution >= 4 is 17.8 Å². The molecular formula is C27H27ClN2. The fourth-order valence-electron chi connectivity index (χ4n) is 5.30. The summed E-state index contributed by atoms with van der Waals surface area (Å²) >= 11 is 6.06. The van der Waals surface area contributed by atoms with Gasteiger partial charge >= 0.3 is 0 Å². The zero-order valence-corrected chi connectivity index (χ0v) is 17.8. The molecule has 3 heteroatoms. The van der Waals surface area contributed by atoms with Crippen molar-refractivity contribution in [1.82, 2.24) is 4.90 Å². The normalized spacial score (nSPS) is 25.8. The van der Waals surface area contributed by atoms with E-state index in [4.69, 9.17) is 16.6 Å². The monoisotopic (exact) mass is 414 g/mol. The summed E-state index contributed by atoms with van der Waals surface area (Å²) in [5.74, 6) is 0.973. The Morgan fingerprint density at radius 2 is 1.37 bits per heavy atom. The number of hydrogen-bond acceptors (Lipinski definition) is 2. The lowest BCUT2D eigenvalue weighted by Gasteiger charge is -2.52. The highest BCUT2D eigenvalue weighted by Gasteiger charge is 2.46. The molecule has 3 aliphatic rings. The molecule has 3 saturated heterocycles. The minimum Gasteiger partial charge on any atom is -0.297 e. The quantitative estimate of drug-likeness (QED) is 0.464. The summed E-state index contributed by atoms with van der Waals surface area (Å²) in [7, 11) is 0. The average molecular weight is 415 g/mol. The molecule has 3 fully saturated rings. The third-order valence-corrected chi connectivity index (χ3v) is 7.01. The third kappa shape index (κ3) is 3.95. The number of piperidine rings is 3. The summed E-state index contributed by atoms with van der Waals surface area (Å²) in [5, 5.41) is 0.765. The van der Waals surface area contributed by atoms with Gasteiger partial charge < -0.3 is 0 Å². The molecule has 152 valence electrons. The van der Waals surface area contributed by atoms with Crippen molar-refractivity contribution in [1.29, 1.82) is 0 Å². The van der Waals surface area contributed by atoms with Gasteiger partial charge in [0, 0.05) is 23.2 Å². The van der Waals surface area contributed by atoms with Crippen molar-refractivity contribution in [2.75, 3.05) is 13.1 Å². The van der Waals surface area contributed by atoms with E-state index in [1.54, 1.807) is 0 Å². The second-order valence-electron chi connectivity index (χ2n) is 8.48. The van der Waals surface area contributed by atoms with Crippen molar-refractivity contribution in [3.63, 3.8) is 0 Å². The van der Waals surface area contributed by atoms with Gasteiger partial charge in [-0.3, -0.25) is 9.89 Å².